The van der Waals surface area contributed by atoms with Crippen molar-refractivity contribution < 1.29 is 9.84 Å². The highest BCUT2D eigenvalue weighted by atomic mass is 32.1. The fraction of sp³-hybridized carbons (Fsp3) is 0.615. The van der Waals surface area contributed by atoms with Gasteiger partial charge in [0.15, 0.2) is 10.8 Å². The van der Waals surface area contributed by atoms with E-state index in [1.165, 1.54) is 0 Å². The summed E-state index contributed by atoms with van der Waals surface area (Å²) in [5, 5.41) is 11.6. The third-order valence-electron chi connectivity index (χ3n) is 3.81. The van der Waals surface area contributed by atoms with Crippen LogP contribution in [-0.2, 0) is 11.3 Å². The highest BCUT2D eigenvalue weighted by molar-refractivity contribution is 7.15. The van der Waals surface area contributed by atoms with Gasteiger partial charge in [-0.3, -0.25) is 4.40 Å². The number of methoxy groups -OCH3 is 1. The number of imidazole rings is 1. The smallest absolute Gasteiger partial charge is 0.195 e. The predicted molar refractivity (Wildman–Crippen MR) is 75.8 cm³/mol. The molecule has 0 unspecified atom stereocenters. The number of ether oxygens (including phenoxy) is 1. The summed E-state index contributed by atoms with van der Waals surface area (Å²) < 4.78 is 7.21. The number of aliphatic hydroxyl groups excluding tert-OH is 1. The summed E-state index contributed by atoms with van der Waals surface area (Å²) in [6, 6.07) is 0. The van der Waals surface area contributed by atoms with Crippen LogP contribution >= 0.6 is 11.3 Å². The van der Waals surface area contributed by atoms with Crippen LogP contribution < -0.4 is 4.90 Å². The Hall–Kier alpha value is -1.11. The van der Waals surface area contributed by atoms with Crippen LogP contribution in [0.15, 0.2) is 11.6 Å². The van der Waals surface area contributed by atoms with E-state index in [1.807, 2.05) is 16.0 Å². The molecule has 1 fully saturated rings. The molecule has 3 heterocycles. The van der Waals surface area contributed by atoms with E-state index in [0.717, 1.165) is 49.0 Å². The van der Waals surface area contributed by atoms with Crippen molar-refractivity contribution in [1.29, 1.82) is 0 Å². The largest absolute Gasteiger partial charge is 0.390 e. The third-order valence-corrected chi connectivity index (χ3v) is 4.56. The van der Waals surface area contributed by atoms with Crippen LogP contribution in [0.5, 0.6) is 0 Å². The fourth-order valence-electron chi connectivity index (χ4n) is 2.77. The van der Waals surface area contributed by atoms with Crippen molar-refractivity contribution in [3.05, 3.63) is 17.3 Å². The zero-order valence-corrected chi connectivity index (χ0v) is 11.9. The van der Waals surface area contributed by atoms with Gasteiger partial charge in [-0.15, -0.1) is 11.3 Å². The number of nitrogens with zero attached hydrogens (tertiary/aromatic N) is 3. The normalized spacial score (nSPS) is 17.5. The number of rotatable bonds is 4. The summed E-state index contributed by atoms with van der Waals surface area (Å²) in [6.07, 6.45) is 4.23. The molecule has 1 N–H and O–H groups in total. The molecule has 0 atom stereocenters. The van der Waals surface area contributed by atoms with Gasteiger partial charge in [-0.05, 0) is 18.8 Å². The van der Waals surface area contributed by atoms with E-state index in [9.17, 15) is 5.11 Å². The van der Waals surface area contributed by atoms with Crippen molar-refractivity contribution in [2.45, 2.75) is 19.4 Å². The van der Waals surface area contributed by atoms with Gasteiger partial charge in [0.2, 0.25) is 0 Å². The predicted octanol–water partition coefficient (Wildman–Crippen LogP) is 1.75. The number of piperidine rings is 1. The van der Waals surface area contributed by atoms with E-state index < -0.39 is 0 Å². The monoisotopic (exact) mass is 281 g/mol. The molecule has 1 aliphatic rings. The van der Waals surface area contributed by atoms with Crippen LogP contribution in [0.25, 0.3) is 4.96 Å². The number of hydrogen-bond donors (Lipinski definition) is 1. The molecule has 1 saturated heterocycles. The zero-order chi connectivity index (χ0) is 13.2. The Labute approximate surface area is 116 Å². The van der Waals surface area contributed by atoms with Gasteiger partial charge < -0.3 is 14.7 Å². The highest BCUT2D eigenvalue weighted by Gasteiger charge is 2.24. The Kier molecular flexibility index (Phi) is 3.72. The van der Waals surface area contributed by atoms with E-state index in [0.29, 0.717) is 5.92 Å². The molecule has 1 aliphatic heterocycles. The zero-order valence-electron chi connectivity index (χ0n) is 11.1. The van der Waals surface area contributed by atoms with Gasteiger partial charge in [0.1, 0.15) is 0 Å². The SMILES string of the molecule is COCC1CCN(c2nc3sccn3c2CO)CC1. The lowest BCUT2D eigenvalue weighted by Gasteiger charge is -2.32. The molecule has 19 heavy (non-hydrogen) atoms. The molecule has 2 aromatic heterocycles. The van der Waals surface area contributed by atoms with Crippen molar-refractivity contribution >= 4 is 22.1 Å². The molecule has 0 aromatic carbocycles. The van der Waals surface area contributed by atoms with Gasteiger partial charge in [0, 0.05) is 38.4 Å². The van der Waals surface area contributed by atoms with Crippen LogP contribution in [0.3, 0.4) is 0 Å². The van der Waals surface area contributed by atoms with Gasteiger partial charge in [0.25, 0.3) is 0 Å². The highest BCUT2D eigenvalue weighted by Crippen LogP contribution is 2.28. The summed E-state index contributed by atoms with van der Waals surface area (Å²) in [4.78, 5) is 7.90. The molecule has 104 valence electrons. The van der Waals surface area contributed by atoms with Crippen molar-refractivity contribution in [3.63, 3.8) is 0 Å². The second-order valence-electron chi connectivity index (χ2n) is 4.98. The van der Waals surface area contributed by atoms with Crippen molar-refractivity contribution in [2.24, 2.45) is 5.92 Å². The first-order valence-electron chi connectivity index (χ1n) is 6.62. The minimum Gasteiger partial charge on any atom is -0.390 e. The van der Waals surface area contributed by atoms with Crippen molar-refractivity contribution in [1.82, 2.24) is 9.38 Å². The molecular weight excluding hydrogens is 262 g/mol. The molecule has 0 radical (unpaired) electrons. The summed E-state index contributed by atoms with van der Waals surface area (Å²) in [5.74, 6) is 1.60. The Balaban J connectivity index is 1.79. The number of anilines is 1. The van der Waals surface area contributed by atoms with E-state index >= 15 is 0 Å². The fourth-order valence-corrected chi connectivity index (χ4v) is 3.50. The lowest BCUT2D eigenvalue weighted by molar-refractivity contribution is 0.139. The number of thiazole rings is 1. The molecule has 0 spiro atoms. The summed E-state index contributed by atoms with van der Waals surface area (Å²) >= 11 is 1.60. The third kappa shape index (κ3) is 2.35. The van der Waals surface area contributed by atoms with Gasteiger partial charge in [-0.2, -0.15) is 0 Å². The molecule has 5 nitrogen and oxygen atoms in total. The standard InChI is InChI=1S/C13H19N3O2S/c1-18-9-10-2-4-15(5-3-10)12-11(8-17)16-6-7-19-13(16)14-12/h6-7,10,17H,2-5,8-9H2,1H3. The van der Waals surface area contributed by atoms with Crippen molar-refractivity contribution in [3.8, 4) is 0 Å². The molecule has 3 rings (SSSR count). The van der Waals surface area contributed by atoms with E-state index in [4.69, 9.17) is 4.74 Å². The Morgan fingerprint density at radius 1 is 1.47 bits per heavy atom. The second kappa shape index (κ2) is 5.48. The lowest BCUT2D eigenvalue weighted by Crippen LogP contribution is -2.35. The number of hydrogen-bond acceptors (Lipinski definition) is 5. The first-order chi connectivity index (χ1) is 9.33. The molecule has 0 aliphatic carbocycles. The number of aromatic nitrogens is 2. The maximum Gasteiger partial charge on any atom is 0.195 e. The van der Waals surface area contributed by atoms with E-state index in [1.54, 1.807) is 18.4 Å². The number of fused-ring (bicyclic) bond motifs is 1. The second-order valence-corrected chi connectivity index (χ2v) is 5.85. The first kappa shape index (κ1) is 12.9. The van der Waals surface area contributed by atoms with E-state index in [-0.39, 0.29) is 6.61 Å². The Morgan fingerprint density at radius 2 is 2.26 bits per heavy atom. The Bertz CT molecular complexity index is 543. The maximum absolute atomic E-state index is 9.59. The molecule has 2 aromatic rings. The van der Waals surface area contributed by atoms with Gasteiger partial charge in [-0.25, -0.2) is 4.98 Å². The Morgan fingerprint density at radius 3 is 2.95 bits per heavy atom. The van der Waals surface area contributed by atoms with Gasteiger partial charge in [0.05, 0.1) is 12.3 Å². The van der Waals surface area contributed by atoms with Crippen LogP contribution in [0.4, 0.5) is 5.82 Å². The summed E-state index contributed by atoms with van der Waals surface area (Å²) in [5.41, 5.74) is 0.904. The average Bonchev–Trinajstić information content (AvgIpc) is 3.00. The van der Waals surface area contributed by atoms with Crippen LogP contribution in [-0.4, -0.2) is 41.3 Å². The minimum absolute atomic E-state index is 0.0330. The van der Waals surface area contributed by atoms with Gasteiger partial charge in [-0.1, -0.05) is 0 Å². The molecule has 6 heteroatoms. The topological polar surface area (TPSA) is 50.0 Å². The maximum atomic E-state index is 9.59. The number of aliphatic hydroxyl groups is 1. The minimum atomic E-state index is 0.0330. The summed E-state index contributed by atoms with van der Waals surface area (Å²) in [7, 11) is 1.76. The van der Waals surface area contributed by atoms with Crippen molar-refractivity contribution in [2.75, 3.05) is 31.7 Å². The van der Waals surface area contributed by atoms with E-state index in [2.05, 4.69) is 9.88 Å². The summed E-state index contributed by atoms with van der Waals surface area (Å²) in [6.45, 7) is 2.86. The molecule has 0 saturated carbocycles. The molecular formula is C13H19N3O2S. The van der Waals surface area contributed by atoms with Gasteiger partial charge >= 0.3 is 0 Å². The molecule has 0 bridgehead atoms. The molecule has 0 amide bonds. The lowest BCUT2D eigenvalue weighted by atomic mass is 9.98. The van der Waals surface area contributed by atoms with Crippen LogP contribution in [0.1, 0.15) is 18.5 Å². The first-order valence-corrected chi connectivity index (χ1v) is 7.50. The van der Waals surface area contributed by atoms with Crippen LogP contribution in [0.2, 0.25) is 0 Å². The average molecular weight is 281 g/mol. The van der Waals surface area contributed by atoms with Crippen LogP contribution in [0, 0.1) is 5.92 Å². The quantitative estimate of drug-likeness (QED) is 0.927.